The Morgan fingerprint density at radius 3 is 2.93 bits per heavy atom. The molecule has 2 aromatic rings. The highest BCUT2D eigenvalue weighted by atomic mass is 127. The van der Waals surface area contributed by atoms with Crippen LogP contribution in [0.4, 0.5) is 0 Å². The van der Waals surface area contributed by atoms with Gasteiger partial charge in [-0.15, -0.1) is 46.7 Å². The quantitative estimate of drug-likeness (QED) is 0.294. The van der Waals surface area contributed by atoms with Gasteiger partial charge in [0.1, 0.15) is 11.1 Å². The number of guanidine groups is 1. The number of nitrogens with one attached hydrogen (secondary N) is 1. The zero-order valence-electron chi connectivity index (χ0n) is 18.6. The first kappa shape index (κ1) is 25.5. The fraction of sp³-hybridized carbons (Fsp3) is 0.619. The molecule has 6 nitrogen and oxygen atoms in total. The van der Waals surface area contributed by atoms with Crippen LogP contribution >= 0.6 is 46.7 Å². The van der Waals surface area contributed by atoms with Gasteiger partial charge in [-0.25, -0.2) is 4.98 Å². The molecule has 9 heteroatoms. The van der Waals surface area contributed by atoms with Gasteiger partial charge < -0.3 is 15.0 Å². The van der Waals surface area contributed by atoms with E-state index in [1.807, 2.05) is 18.3 Å². The molecule has 0 aliphatic carbocycles. The Hall–Kier alpha value is -0.750. The third-order valence-electron chi connectivity index (χ3n) is 5.33. The molecule has 0 aromatic carbocycles. The fourth-order valence-corrected chi connectivity index (χ4v) is 5.18. The van der Waals surface area contributed by atoms with E-state index in [-0.39, 0.29) is 30.1 Å². The van der Waals surface area contributed by atoms with Crippen LogP contribution in [0.2, 0.25) is 0 Å². The normalized spacial score (nSPS) is 16.5. The number of rotatable bonds is 8. The second-order valence-electron chi connectivity index (χ2n) is 7.54. The average Bonchev–Trinajstić information content (AvgIpc) is 3.38. The Bertz CT molecular complexity index is 809. The summed E-state index contributed by atoms with van der Waals surface area (Å²) in [5.74, 6) is 0.932. The topological polar surface area (TPSA) is 53.0 Å². The minimum Gasteiger partial charge on any atom is -0.375 e. The number of hydrogen-bond donors (Lipinski definition) is 1. The van der Waals surface area contributed by atoms with Crippen molar-refractivity contribution in [3.63, 3.8) is 0 Å². The van der Waals surface area contributed by atoms with E-state index in [9.17, 15) is 0 Å². The Labute approximate surface area is 205 Å². The van der Waals surface area contributed by atoms with Gasteiger partial charge in [0.15, 0.2) is 5.96 Å². The number of ether oxygens (including phenoxy) is 1. The molecule has 3 heterocycles. The summed E-state index contributed by atoms with van der Waals surface area (Å²) in [6.45, 7) is 10.9. The lowest BCUT2D eigenvalue weighted by Crippen LogP contribution is -2.42. The summed E-state index contributed by atoms with van der Waals surface area (Å²) in [6.07, 6.45) is 1.20. The van der Waals surface area contributed by atoms with E-state index in [0.29, 0.717) is 6.04 Å². The monoisotopic (exact) mass is 563 g/mol. The molecule has 30 heavy (non-hydrogen) atoms. The van der Waals surface area contributed by atoms with Crippen molar-refractivity contribution in [2.75, 3.05) is 33.8 Å². The SMILES string of the molecule is CCNC(=NCC(C)N1CCc2sccc2C1)N(C)Cc1csc(C(C)OC)n1.I. The lowest BCUT2D eigenvalue weighted by molar-refractivity contribution is 0.119. The van der Waals surface area contributed by atoms with E-state index >= 15 is 0 Å². The van der Waals surface area contributed by atoms with Crippen LogP contribution in [0.5, 0.6) is 0 Å². The maximum Gasteiger partial charge on any atom is 0.194 e. The summed E-state index contributed by atoms with van der Waals surface area (Å²) < 4.78 is 5.37. The van der Waals surface area contributed by atoms with Crippen molar-refractivity contribution in [2.45, 2.75) is 52.4 Å². The van der Waals surface area contributed by atoms with Crippen LogP contribution in [0, 0.1) is 0 Å². The zero-order valence-corrected chi connectivity index (χ0v) is 22.5. The van der Waals surface area contributed by atoms with E-state index in [4.69, 9.17) is 14.7 Å². The Morgan fingerprint density at radius 1 is 1.40 bits per heavy atom. The third kappa shape index (κ3) is 6.62. The number of halogens is 1. The highest BCUT2D eigenvalue weighted by Crippen LogP contribution is 2.25. The molecule has 0 amide bonds. The van der Waals surface area contributed by atoms with Crippen LogP contribution in [0.1, 0.15) is 48.0 Å². The third-order valence-corrected chi connectivity index (χ3v) is 7.41. The van der Waals surface area contributed by atoms with E-state index < -0.39 is 0 Å². The van der Waals surface area contributed by atoms with Crippen LogP contribution in [0.15, 0.2) is 21.8 Å². The zero-order chi connectivity index (χ0) is 20.8. The first-order chi connectivity index (χ1) is 14.0. The molecule has 1 aliphatic rings. The van der Waals surface area contributed by atoms with Crippen LogP contribution in [0.25, 0.3) is 0 Å². The van der Waals surface area contributed by atoms with Crippen LogP contribution in [-0.4, -0.2) is 60.6 Å². The predicted octanol–water partition coefficient (Wildman–Crippen LogP) is 4.37. The molecule has 0 radical (unpaired) electrons. The number of nitrogens with zero attached hydrogens (tertiary/aromatic N) is 4. The van der Waals surface area contributed by atoms with E-state index in [1.165, 1.54) is 5.56 Å². The number of thiophene rings is 1. The van der Waals surface area contributed by atoms with Crippen molar-refractivity contribution in [1.82, 2.24) is 20.1 Å². The highest BCUT2D eigenvalue weighted by Gasteiger charge is 2.21. The molecule has 0 fully saturated rings. The summed E-state index contributed by atoms with van der Waals surface area (Å²) in [5.41, 5.74) is 2.54. The first-order valence-corrected chi connectivity index (χ1v) is 12.0. The highest BCUT2D eigenvalue weighted by molar-refractivity contribution is 14.0. The van der Waals surface area contributed by atoms with Gasteiger partial charge >= 0.3 is 0 Å². The first-order valence-electron chi connectivity index (χ1n) is 10.3. The summed E-state index contributed by atoms with van der Waals surface area (Å²) >= 11 is 3.54. The molecule has 0 saturated heterocycles. The van der Waals surface area contributed by atoms with Crippen molar-refractivity contribution in [3.8, 4) is 0 Å². The van der Waals surface area contributed by atoms with E-state index in [1.54, 1.807) is 23.3 Å². The van der Waals surface area contributed by atoms with Gasteiger partial charge in [-0.2, -0.15) is 0 Å². The molecule has 2 unspecified atom stereocenters. The summed E-state index contributed by atoms with van der Waals surface area (Å²) in [7, 11) is 3.79. The van der Waals surface area contributed by atoms with Crippen molar-refractivity contribution in [2.24, 2.45) is 4.99 Å². The molecule has 1 N–H and O–H groups in total. The van der Waals surface area contributed by atoms with Gasteiger partial charge in [0.25, 0.3) is 0 Å². The average molecular weight is 564 g/mol. The molecule has 0 saturated carbocycles. The second-order valence-corrected chi connectivity index (χ2v) is 9.43. The van der Waals surface area contributed by atoms with Gasteiger partial charge in [0.05, 0.1) is 18.8 Å². The standard InChI is InChI=1S/C21H33N5OS2.HI/c1-6-22-21(25(4)13-18-14-29-20(24-18)16(3)27-5)23-11-15(2)26-9-7-19-17(12-26)8-10-28-19;/h8,10,14-16H,6-7,9,11-13H2,1-5H3,(H,22,23);1H. The van der Waals surface area contributed by atoms with E-state index in [0.717, 1.165) is 55.8 Å². The van der Waals surface area contributed by atoms with Gasteiger partial charge in [-0.1, -0.05) is 0 Å². The lowest BCUT2D eigenvalue weighted by atomic mass is 10.1. The van der Waals surface area contributed by atoms with Crippen LogP contribution < -0.4 is 5.32 Å². The molecule has 2 atom stereocenters. The number of fused-ring (bicyclic) bond motifs is 1. The minimum absolute atomic E-state index is 0. The number of aromatic nitrogens is 1. The number of thiazole rings is 1. The molecule has 1 aliphatic heterocycles. The molecule has 0 bridgehead atoms. The van der Waals surface area contributed by atoms with Gasteiger partial charge in [-0.05, 0) is 44.2 Å². The molecule has 2 aromatic heterocycles. The van der Waals surface area contributed by atoms with Crippen LogP contribution in [0.3, 0.4) is 0 Å². The van der Waals surface area contributed by atoms with Crippen molar-refractivity contribution >= 4 is 52.6 Å². The fourth-order valence-electron chi connectivity index (χ4n) is 3.45. The summed E-state index contributed by atoms with van der Waals surface area (Å²) in [5, 5.41) is 8.77. The maximum atomic E-state index is 5.37. The number of methoxy groups -OCH3 is 1. The smallest absolute Gasteiger partial charge is 0.194 e. The van der Waals surface area contributed by atoms with Crippen molar-refractivity contribution in [1.29, 1.82) is 0 Å². The minimum atomic E-state index is 0. The van der Waals surface area contributed by atoms with Gasteiger partial charge in [0.2, 0.25) is 0 Å². The van der Waals surface area contributed by atoms with Crippen molar-refractivity contribution in [3.05, 3.63) is 38.0 Å². The van der Waals surface area contributed by atoms with Crippen molar-refractivity contribution < 1.29 is 4.74 Å². The lowest BCUT2D eigenvalue weighted by Gasteiger charge is -2.32. The second kappa shape index (κ2) is 12.3. The van der Waals surface area contributed by atoms with Gasteiger partial charge in [0, 0.05) is 50.1 Å². The molecule has 3 rings (SSSR count). The van der Waals surface area contributed by atoms with Gasteiger partial charge in [-0.3, -0.25) is 9.89 Å². The largest absolute Gasteiger partial charge is 0.375 e. The predicted molar refractivity (Wildman–Crippen MR) is 138 cm³/mol. The molecular formula is C21H34IN5OS2. The molecule has 168 valence electrons. The molecular weight excluding hydrogens is 529 g/mol. The van der Waals surface area contributed by atoms with E-state index in [2.05, 4.69) is 52.8 Å². The Balaban J connectivity index is 0.00000320. The number of hydrogen-bond acceptors (Lipinski definition) is 6. The molecule has 0 spiro atoms. The Morgan fingerprint density at radius 2 is 2.20 bits per heavy atom. The maximum absolute atomic E-state index is 5.37. The Kier molecular flexibility index (Phi) is 10.5. The summed E-state index contributed by atoms with van der Waals surface area (Å²) in [4.78, 5) is 15.9. The van der Waals surface area contributed by atoms with Crippen LogP contribution in [-0.2, 0) is 24.2 Å². The number of aliphatic imine (C=N–C) groups is 1. The summed E-state index contributed by atoms with van der Waals surface area (Å²) in [6, 6.07) is 2.69.